The first kappa shape index (κ1) is 18.6. The molecule has 8 heteroatoms. The van der Waals surface area contributed by atoms with E-state index in [0.29, 0.717) is 10.6 Å². The van der Waals surface area contributed by atoms with E-state index < -0.39 is 10.0 Å². The summed E-state index contributed by atoms with van der Waals surface area (Å²) in [6.07, 6.45) is 0. The number of hydrogen-bond donors (Lipinski definition) is 1. The summed E-state index contributed by atoms with van der Waals surface area (Å²) in [4.78, 5) is 13.8. The van der Waals surface area contributed by atoms with Gasteiger partial charge in [-0.1, -0.05) is 23.7 Å². The second-order valence-corrected chi connectivity index (χ2v) is 8.41. The zero-order chi connectivity index (χ0) is 17.9. The first-order valence-electron chi connectivity index (χ1n) is 6.97. The highest BCUT2D eigenvalue weighted by atomic mass is 35.5. The minimum atomic E-state index is -3.81. The monoisotopic (exact) mass is 384 g/mol. The Morgan fingerprint density at radius 1 is 1.17 bits per heavy atom. The number of anilines is 1. The molecular weight excluding hydrogens is 368 g/mol. The van der Waals surface area contributed by atoms with Gasteiger partial charge in [0.25, 0.3) is 15.3 Å². The van der Waals surface area contributed by atoms with E-state index in [1.165, 1.54) is 11.0 Å². The van der Waals surface area contributed by atoms with E-state index in [0.717, 1.165) is 17.3 Å². The molecule has 0 bridgehead atoms. The molecule has 2 aromatic carbocycles. The maximum Gasteiger partial charge on any atom is 0.285 e. The van der Waals surface area contributed by atoms with Crippen LogP contribution in [0, 0.1) is 6.92 Å². The molecule has 2 rings (SSSR count). The van der Waals surface area contributed by atoms with Gasteiger partial charge in [-0.25, -0.2) is 8.42 Å². The maximum atomic E-state index is 12.5. The van der Waals surface area contributed by atoms with Crippen molar-refractivity contribution in [3.63, 3.8) is 0 Å². The number of benzene rings is 2. The molecule has 1 N–H and O–H groups in total. The third-order valence-corrected chi connectivity index (χ3v) is 5.93. The molecule has 0 saturated heterocycles. The first-order chi connectivity index (χ1) is 11.2. The molecule has 0 fully saturated rings. The van der Waals surface area contributed by atoms with Crippen LogP contribution >= 0.6 is 23.4 Å². The molecular formula is C16H17ClN2O3S2. The van der Waals surface area contributed by atoms with Gasteiger partial charge in [-0.2, -0.15) is 0 Å². The van der Waals surface area contributed by atoms with Crippen LogP contribution in [0.3, 0.4) is 0 Å². The molecule has 24 heavy (non-hydrogen) atoms. The summed E-state index contributed by atoms with van der Waals surface area (Å²) in [5.41, 5.74) is 1.24. The number of nitrogens with one attached hydrogen (secondary N) is 1. The molecule has 128 valence electrons. The highest BCUT2D eigenvalue weighted by Crippen LogP contribution is 2.27. The quantitative estimate of drug-likeness (QED) is 0.801. The summed E-state index contributed by atoms with van der Waals surface area (Å²) in [6, 6.07) is 11.4. The Labute approximate surface area is 151 Å². The fourth-order valence-corrected chi connectivity index (χ4v) is 4.22. The summed E-state index contributed by atoms with van der Waals surface area (Å²) < 4.78 is 27.5. The van der Waals surface area contributed by atoms with Crippen molar-refractivity contribution in [2.45, 2.75) is 16.7 Å². The molecule has 0 spiro atoms. The molecule has 5 nitrogen and oxygen atoms in total. The van der Waals surface area contributed by atoms with Crippen molar-refractivity contribution in [1.29, 1.82) is 0 Å². The number of thioether (sulfide) groups is 1. The number of amides is 1. The second kappa shape index (κ2) is 7.46. The van der Waals surface area contributed by atoms with E-state index in [2.05, 4.69) is 4.72 Å². The van der Waals surface area contributed by atoms with Gasteiger partial charge in [0.2, 0.25) is 0 Å². The molecule has 0 aliphatic carbocycles. The fraction of sp³-hybridized carbons (Fsp3) is 0.188. The summed E-state index contributed by atoms with van der Waals surface area (Å²) in [5, 5.41) is 0.0207. The Hall–Kier alpha value is -1.70. The smallest absolute Gasteiger partial charge is 0.285 e. The Kier molecular flexibility index (Phi) is 5.79. The lowest BCUT2D eigenvalue weighted by Crippen LogP contribution is -2.16. The number of hydrogen-bond acceptors (Lipinski definition) is 4. The maximum absolute atomic E-state index is 12.5. The number of sulfonamides is 1. The average molecular weight is 385 g/mol. The van der Waals surface area contributed by atoms with Gasteiger partial charge in [-0.15, -0.1) is 0 Å². The minimum absolute atomic E-state index is 0.0113. The summed E-state index contributed by atoms with van der Waals surface area (Å²) >= 11 is 7.06. The molecule has 1 amide bonds. The Balaban J connectivity index is 2.25. The van der Waals surface area contributed by atoms with Gasteiger partial charge < -0.3 is 4.90 Å². The van der Waals surface area contributed by atoms with E-state index in [1.807, 2.05) is 6.92 Å². The van der Waals surface area contributed by atoms with Crippen molar-refractivity contribution < 1.29 is 13.2 Å². The topological polar surface area (TPSA) is 66.5 Å². The number of carbonyl (C=O) groups is 1. The van der Waals surface area contributed by atoms with Crippen LogP contribution in [0.5, 0.6) is 0 Å². The van der Waals surface area contributed by atoms with Crippen molar-refractivity contribution in [2.75, 3.05) is 18.8 Å². The van der Waals surface area contributed by atoms with Gasteiger partial charge in [0, 0.05) is 24.7 Å². The predicted octanol–water partition coefficient (Wildman–Crippen LogP) is 4.22. The van der Waals surface area contributed by atoms with Crippen LogP contribution in [-0.2, 0) is 10.0 Å². The lowest BCUT2D eigenvalue weighted by atomic mass is 10.2. The van der Waals surface area contributed by atoms with Gasteiger partial charge in [-0.05, 0) is 54.6 Å². The summed E-state index contributed by atoms with van der Waals surface area (Å²) in [6.45, 7) is 1.83. The standard InChI is InChI=1S/C16H17ClN2O3S2/c1-11-7-8-15(14(17)9-11)24(21,22)18-12-5-4-6-13(10-12)23-16(20)19(2)3/h4-10,18H,1-3H3. The largest absolute Gasteiger partial charge is 0.339 e. The Bertz CT molecular complexity index is 867. The average Bonchev–Trinajstić information content (AvgIpc) is 2.46. The summed E-state index contributed by atoms with van der Waals surface area (Å²) in [5.74, 6) is 0. The molecule has 0 aliphatic rings. The Morgan fingerprint density at radius 2 is 1.88 bits per heavy atom. The van der Waals surface area contributed by atoms with Crippen molar-refractivity contribution in [3.05, 3.63) is 53.1 Å². The molecule has 0 radical (unpaired) electrons. The second-order valence-electron chi connectivity index (χ2n) is 5.33. The van der Waals surface area contributed by atoms with Crippen LogP contribution in [0.25, 0.3) is 0 Å². The number of rotatable bonds is 4. The number of aryl methyl sites for hydroxylation is 1. The molecule has 0 unspecified atom stereocenters. The lowest BCUT2D eigenvalue weighted by Gasteiger charge is -2.12. The first-order valence-corrected chi connectivity index (χ1v) is 9.65. The van der Waals surface area contributed by atoms with E-state index in [9.17, 15) is 13.2 Å². The van der Waals surface area contributed by atoms with Gasteiger partial charge in [-0.3, -0.25) is 9.52 Å². The number of nitrogens with zero attached hydrogens (tertiary/aromatic N) is 1. The molecule has 0 atom stereocenters. The highest BCUT2D eigenvalue weighted by Gasteiger charge is 2.18. The number of carbonyl (C=O) groups excluding carboxylic acids is 1. The third-order valence-electron chi connectivity index (χ3n) is 3.03. The molecule has 0 heterocycles. The van der Waals surface area contributed by atoms with Gasteiger partial charge in [0.1, 0.15) is 4.90 Å². The van der Waals surface area contributed by atoms with Gasteiger partial charge in [0.15, 0.2) is 0 Å². The van der Waals surface area contributed by atoms with E-state index in [-0.39, 0.29) is 15.2 Å². The van der Waals surface area contributed by atoms with Gasteiger partial charge in [0.05, 0.1) is 5.02 Å². The van der Waals surface area contributed by atoms with Crippen LogP contribution in [0.4, 0.5) is 10.5 Å². The number of halogens is 1. The SMILES string of the molecule is Cc1ccc(S(=O)(=O)Nc2cccc(SC(=O)N(C)C)c2)c(Cl)c1. The van der Waals surface area contributed by atoms with Crippen molar-refractivity contribution in [2.24, 2.45) is 0 Å². The van der Waals surface area contributed by atoms with Crippen molar-refractivity contribution in [1.82, 2.24) is 4.90 Å². The highest BCUT2D eigenvalue weighted by molar-refractivity contribution is 8.13. The van der Waals surface area contributed by atoms with Crippen molar-refractivity contribution in [3.8, 4) is 0 Å². The van der Waals surface area contributed by atoms with Crippen LogP contribution in [0.15, 0.2) is 52.3 Å². The zero-order valence-corrected chi connectivity index (χ0v) is 15.8. The molecule has 2 aromatic rings. The third kappa shape index (κ3) is 4.66. The minimum Gasteiger partial charge on any atom is -0.339 e. The molecule has 0 aliphatic heterocycles. The fourth-order valence-electron chi connectivity index (χ4n) is 1.85. The molecule has 0 aromatic heterocycles. The lowest BCUT2D eigenvalue weighted by molar-refractivity contribution is 0.241. The van der Waals surface area contributed by atoms with E-state index in [1.54, 1.807) is 50.5 Å². The zero-order valence-electron chi connectivity index (χ0n) is 13.4. The van der Waals surface area contributed by atoms with Crippen LogP contribution in [0.2, 0.25) is 5.02 Å². The van der Waals surface area contributed by atoms with Crippen LogP contribution < -0.4 is 4.72 Å². The normalized spacial score (nSPS) is 11.2. The Morgan fingerprint density at radius 3 is 2.50 bits per heavy atom. The van der Waals surface area contributed by atoms with Crippen LogP contribution in [-0.4, -0.2) is 32.7 Å². The summed E-state index contributed by atoms with van der Waals surface area (Å²) in [7, 11) is -0.501. The van der Waals surface area contributed by atoms with Crippen LogP contribution in [0.1, 0.15) is 5.56 Å². The van der Waals surface area contributed by atoms with Gasteiger partial charge >= 0.3 is 0 Å². The predicted molar refractivity (Wildman–Crippen MR) is 98.4 cm³/mol. The van der Waals surface area contributed by atoms with Crippen molar-refractivity contribution >= 4 is 44.3 Å². The van der Waals surface area contributed by atoms with E-state index >= 15 is 0 Å². The molecule has 0 saturated carbocycles. The van der Waals surface area contributed by atoms with E-state index in [4.69, 9.17) is 11.6 Å².